The molecule has 2 aromatic carbocycles. The van der Waals surface area contributed by atoms with Crippen LogP contribution in [0.15, 0.2) is 36.4 Å². The van der Waals surface area contributed by atoms with Gasteiger partial charge in [-0.05, 0) is 37.6 Å². The number of rotatable bonds is 2. The zero-order valence-corrected chi connectivity index (χ0v) is 12.6. The van der Waals surface area contributed by atoms with Crippen LogP contribution in [0, 0.1) is 13.8 Å². The van der Waals surface area contributed by atoms with Crippen molar-refractivity contribution >= 4 is 0 Å². The van der Waals surface area contributed by atoms with Crippen LogP contribution in [0.3, 0.4) is 0 Å². The minimum Gasteiger partial charge on any atom is -0.497 e. The summed E-state index contributed by atoms with van der Waals surface area (Å²) in [6.45, 7) is 4.16. The lowest BCUT2D eigenvalue weighted by atomic mass is 9.93. The number of hydrogen-bond donors (Lipinski definition) is 1. The predicted octanol–water partition coefficient (Wildman–Crippen LogP) is 3.87. The molecule has 0 aromatic heterocycles. The molecule has 0 aliphatic carbocycles. The topological polar surface area (TPSA) is 38.7 Å². The van der Waals surface area contributed by atoms with Gasteiger partial charge in [0.2, 0.25) is 0 Å². The van der Waals surface area contributed by atoms with Crippen LogP contribution < -0.4 is 9.47 Å². The van der Waals surface area contributed by atoms with Gasteiger partial charge in [0.25, 0.3) is 0 Å². The monoisotopic (exact) mass is 284 g/mol. The SMILES string of the molecule is COc1ccc2c(c1)C(O)CC(c1cc(C)cc(C)c1)O2. The highest BCUT2D eigenvalue weighted by Gasteiger charge is 2.28. The average Bonchev–Trinajstić information content (AvgIpc) is 2.46. The van der Waals surface area contributed by atoms with Gasteiger partial charge in [0.05, 0.1) is 13.2 Å². The standard InChI is InChI=1S/C18H20O3/c1-11-6-12(2)8-13(7-11)18-10-16(19)15-9-14(20-3)4-5-17(15)21-18/h4-9,16,18-19H,10H2,1-3H3. The first-order valence-corrected chi connectivity index (χ1v) is 7.17. The van der Waals surface area contributed by atoms with Gasteiger partial charge in [-0.15, -0.1) is 0 Å². The van der Waals surface area contributed by atoms with Crippen LogP contribution in [-0.4, -0.2) is 12.2 Å². The number of aryl methyl sites for hydroxylation is 2. The Morgan fingerprint density at radius 3 is 2.48 bits per heavy atom. The molecular formula is C18H20O3. The predicted molar refractivity (Wildman–Crippen MR) is 81.9 cm³/mol. The molecule has 3 heteroatoms. The highest BCUT2D eigenvalue weighted by Crippen LogP contribution is 2.42. The smallest absolute Gasteiger partial charge is 0.127 e. The highest BCUT2D eigenvalue weighted by molar-refractivity contribution is 5.44. The molecule has 2 aromatic rings. The van der Waals surface area contributed by atoms with Crippen molar-refractivity contribution in [2.45, 2.75) is 32.5 Å². The summed E-state index contributed by atoms with van der Waals surface area (Å²) in [5.74, 6) is 1.47. The van der Waals surface area contributed by atoms with Crippen molar-refractivity contribution in [3.05, 3.63) is 58.7 Å². The van der Waals surface area contributed by atoms with E-state index in [1.54, 1.807) is 7.11 Å². The Morgan fingerprint density at radius 1 is 1.10 bits per heavy atom. The van der Waals surface area contributed by atoms with Crippen molar-refractivity contribution in [2.24, 2.45) is 0 Å². The number of aliphatic hydroxyl groups is 1. The lowest BCUT2D eigenvalue weighted by Crippen LogP contribution is -2.19. The molecule has 0 bridgehead atoms. The fourth-order valence-electron chi connectivity index (χ4n) is 2.95. The van der Waals surface area contributed by atoms with E-state index in [1.807, 2.05) is 18.2 Å². The Bertz CT molecular complexity index is 643. The second-order valence-corrected chi connectivity index (χ2v) is 5.68. The van der Waals surface area contributed by atoms with E-state index >= 15 is 0 Å². The van der Waals surface area contributed by atoms with E-state index in [2.05, 4.69) is 32.0 Å². The van der Waals surface area contributed by atoms with Crippen molar-refractivity contribution in [3.63, 3.8) is 0 Å². The Hall–Kier alpha value is -2.00. The maximum absolute atomic E-state index is 10.4. The maximum Gasteiger partial charge on any atom is 0.127 e. The minimum absolute atomic E-state index is 0.112. The van der Waals surface area contributed by atoms with E-state index in [0.717, 1.165) is 22.6 Å². The third-order valence-electron chi connectivity index (χ3n) is 3.90. The zero-order valence-electron chi connectivity index (χ0n) is 12.6. The Labute approximate surface area is 125 Å². The Balaban J connectivity index is 1.94. The van der Waals surface area contributed by atoms with Gasteiger partial charge in [-0.3, -0.25) is 0 Å². The van der Waals surface area contributed by atoms with Crippen molar-refractivity contribution in [2.75, 3.05) is 7.11 Å². The lowest BCUT2D eigenvalue weighted by molar-refractivity contribution is 0.0654. The summed E-state index contributed by atoms with van der Waals surface area (Å²) >= 11 is 0. The summed E-state index contributed by atoms with van der Waals surface area (Å²) in [7, 11) is 1.62. The fraction of sp³-hybridized carbons (Fsp3) is 0.333. The van der Waals surface area contributed by atoms with Gasteiger partial charge in [-0.2, -0.15) is 0 Å². The van der Waals surface area contributed by atoms with Crippen molar-refractivity contribution < 1.29 is 14.6 Å². The molecule has 0 amide bonds. The molecule has 0 fully saturated rings. The van der Waals surface area contributed by atoms with E-state index in [0.29, 0.717) is 6.42 Å². The summed E-state index contributed by atoms with van der Waals surface area (Å²) < 4.78 is 11.3. The molecule has 1 heterocycles. The molecule has 3 rings (SSSR count). The van der Waals surface area contributed by atoms with Gasteiger partial charge in [-0.25, -0.2) is 0 Å². The third kappa shape index (κ3) is 2.74. The Kier molecular flexibility index (Phi) is 3.60. The summed E-state index contributed by atoms with van der Waals surface area (Å²) in [6.07, 6.45) is -0.0857. The second-order valence-electron chi connectivity index (χ2n) is 5.68. The van der Waals surface area contributed by atoms with E-state index < -0.39 is 6.10 Å². The average molecular weight is 284 g/mol. The van der Waals surface area contributed by atoms with Gasteiger partial charge < -0.3 is 14.6 Å². The molecule has 0 saturated carbocycles. The van der Waals surface area contributed by atoms with Gasteiger partial charge in [0.1, 0.15) is 17.6 Å². The summed E-state index contributed by atoms with van der Waals surface area (Å²) in [4.78, 5) is 0. The van der Waals surface area contributed by atoms with Crippen LogP contribution >= 0.6 is 0 Å². The molecule has 2 atom stereocenters. The van der Waals surface area contributed by atoms with Crippen molar-refractivity contribution in [1.82, 2.24) is 0 Å². The lowest BCUT2D eigenvalue weighted by Gasteiger charge is -2.30. The van der Waals surface area contributed by atoms with E-state index in [-0.39, 0.29) is 6.10 Å². The number of aliphatic hydroxyl groups excluding tert-OH is 1. The van der Waals surface area contributed by atoms with Crippen LogP contribution in [0.5, 0.6) is 11.5 Å². The van der Waals surface area contributed by atoms with Crippen LogP contribution in [0.25, 0.3) is 0 Å². The molecule has 0 saturated heterocycles. The third-order valence-corrected chi connectivity index (χ3v) is 3.90. The summed E-state index contributed by atoms with van der Waals surface area (Å²) in [5.41, 5.74) is 4.34. The molecule has 21 heavy (non-hydrogen) atoms. The van der Waals surface area contributed by atoms with Crippen LogP contribution in [-0.2, 0) is 0 Å². The van der Waals surface area contributed by atoms with E-state index in [9.17, 15) is 5.11 Å². The first-order chi connectivity index (χ1) is 10.1. The van der Waals surface area contributed by atoms with Gasteiger partial charge in [0.15, 0.2) is 0 Å². The number of fused-ring (bicyclic) bond motifs is 1. The molecule has 0 spiro atoms. The molecule has 2 unspecified atom stereocenters. The first-order valence-electron chi connectivity index (χ1n) is 7.17. The highest BCUT2D eigenvalue weighted by atomic mass is 16.5. The van der Waals surface area contributed by atoms with Crippen LogP contribution in [0.4, 0.5) is 0 Å². The molecule has 110 valence electrons. The molecule has 1 N–H and O–H groups in total. The largest absolute Gasteiger partial charge is 0.497 e. The molecule has 1 aliphatic rings. The molecule has 3 nitrogen and oxygen atoms in total. The fourth-order valence-corrected chi connectivity index (χ4v) is 2.95. The molecule has 0 radical (unpaired) electrons. The second kappa shape index (κ2) is 5.41. The summed E-state index contributed by atoms with van der Waals surface area (Å²) in [5, 5.41) is 10.4. The molecule has 1 aliphatic heterocycles. The number of benzene rings is 2. The number of ether oxygens (including phenoxy) is 2. The van der Waals surface area contributed by atoms with Crippen molar-refractivity contribution in [1.29, 1.82) is 0 Å². The number of methoxy groups -OCH3 is 1. The van der Waals surface area contributed by atoms with Gasteiger partial charge in [0, 0.05) is 12.0 Å². The van der Waals surface area contributed by atoms with Gasteiger partial charge in [-0.1, -0.05) is 29.3 Å². The minimum atomic E-state index is -0.533. The van der Waals surface area contributed by atoms with Crippen LogP contribution in [0.2, 0.25) is 0 Å². The van der Waals surface area contributed by atoms with Crippen molar-refractivity contribution in [3.8, 4) is 11.5 Å². The quantitative estimate of drug-likeness (QED) is 0.910. The van der Waals surface area contributed by atoms with E-state index in [4.69, 9.17) is 9.47 Å². The first kappa shape index (κ1) is 14.0. The zero-order chi connectivity index (χ0) is 15.0. The number of hydrogen-bond acceptors (Lipinski definition) is 3. The Morgan fingerprint density at radius 2 is 1.81 bits per heavy atom. The molecular weight excluding hydrogens is 264 g/mol. The summed E-state index contributed by atoms with van der Waals surface area (Å²) in [6, 6.07) is 12.0. The normalized spacial score (nSPS) is 20.6. The maximum atomic E-state index is 10.4. The van der Waals surface area contributed by atoms with Crippen LogP contribution in [0.1, 0.15) is 40.9 Å². The van der Waals surface area contributed by atoms with Gasteiger partial charge >= 0.3 is 0 Å². The van der Waals surface area contributed by atoms with E-state index in [1.165, 1.54) is 11.1 Å².